The number of likely N-dealkylation sites (tertiary alicyclic amines) is 1. The highest BCUT2D eigenvalue weighted by Crippen LogP contribution is 2.23. The van der Waals surface area contributed by atoms with Gasteiger partial charge in [-0.05, 0) is 52.6 Å². The van der Waals surface area contributed by atoms with Crippen LogP contribution in [0.5, 0.6) is 0 Å². The Kier molecular flexibility index (Phi) is 7.14. The third kappa shape index (κ3) is 5.58. The second-order valence-corrected chi connectivity index (χ2v) is 10.9. The van der Waals surface area contributed by atoms with Crippen molar-refractivity contribution in [3.05, 3.63) is 0 Å². The Labute approximate surface area is 154 Å². The molecule has 0 aliphatic carbocycles. The number of hydrogen-bond acceptors (Lipinski definition) is 4. The van der Waals surface area contributed by atoms with Crippen LogP contribution < -0.4 is 5.32 Å². The summed E-state index contributed by atoms with van der Waals surface area (Å²) in [5.74, 6) is 1.57. The van der Waals surface area contributed by atoms with Crippen LogP contribution in [0.4, 0.5) is 0 Å². The lowest BCUT2D eigenvalue weighted by Crippen LogP contribution is -2.57. The van der Waals surface area contributed by atoms with E-state index in [0.717, 1.165) is 25.6 Å². The van der Waals surface area contributed by atoms with Gasteiger partial charge in [-0.15, -0.1) is 0 Å². The molecule has 0 spiro atoms. The van der Waals surface area contributed by atoms with Gasteiger partial charge in [0.2, 0.25) is 0 Å². The lowest BCUT2D eigenvalue weighted by atomic mass is 10.1. The van der Waals surface area contributed by atoms with Crippen LogP contribution in [0.3, 0.4) is 0 Å². The van der Waals surface area contributed by atoms with Gasteiger partial charge in [0, 0.05) is 32.7 Å². The Morgan fingerprint density at radius 1 is 1.20 bits per heavy atom. The number of aliphatic imine (C=N–C) groups is 1. The highest BCUT2D eigenvalue weighted by molar-refractivity contribution is 7.92. The molecule has 0 aromatic rings. The first kappa shape index (κ1) is 20.5. The minimum absolute atomic E-state index is 0.202. The summed E-state index contributed by atoms with van der Waals surface area (Å²) in [6.07, 6.45) is 3.99. The maximum absolute atomic E-state index is 12.2. The number of guanidine groups is 1. The van der Waals surface area contributed by atoms with Gasteiger partial charge in [-0.3, -0.25) is 4.99 Å². The molecule has 0 aromatic carbocycles. The summed E-state index contributed by atoms with van der Waals surface area (Å²) in [4.78, 5) is 9.48. The van der Waals surface area contributed by atoms with Gasteiger partial charge in [0.25, 0.3) is 0 Å². The Morgan fingerprint density at radius 3 is 2.48 bits per heavy atom. The first-order chi connectivity index (χ1) is 11.7. The molecule has 1 N–H and O–H groups in total. The molecule has 0 radical (unpaired) electrons. The molecular weight excluding hydrogens is 336 g/mol. The van der Waals surface area contributed by atoms with Gasteiger partial charge in [0.15, 0.2) is 15.8 Å². The van der Waals surface area contributed by atoms with Crippen LogP contribution in [0.25, 0.3) is 0 Å². The summed E-state index contributed by atoms with van der Waals surface area (Å²) in [5, 5.41) is 3.34. The number of hydrogen-bond donors (Lipinski definition) is 1. The summed E-state index contributed by atoms with van der Waals surface area (Å²) in [5.41, 5.74) is 0. The van der Waals surface area contributed by atoms with E-state index >= 15 is 0 Å². The second-order valence-electron chi connectivity index (χ2n) is 8.16. The fraction of sp³-hybridized carbons (Fsp3) is 0.944. The highest BCUT2D eigenvalue weighted by atomic mass is 32.2. The predicted molar refractivity (Wildman–Crippen MR) is 105 cm³/mol. The smallest absolute Gasteiger partial charge is 0.194 e. The average molecular weight is 373 g/mol. The molecule has 2 rings (SSSR count). The van der Waals surface area contributed by atoms with Gasteiger partial charge >= 0.3 is 0 Å². The van der Waals surface area contributed by atoms with Crippen LogP contribution >= 0.6 is 0 Å². The van der Waals surface area contributed by atoms with Crippen LogP contribution in [-0.2, 0) is 9.84 Å². The molecule has 0 bridgehead atoms. The standard InChI is InChI=1S/C18H36N4O2S/c1-5-19-17(22-11-12-25(23,24)18(3,4)15-22)20-13-16(2)14-21-9-7-6-8-10-21/h16H,5-15H2,1-4H3,(H,19,20). The van der Waals surface area contributed by atoms with E-state index in [0.29, 0.717) is 19.0 Å². The lowest BCUT2D eigenvalue weighted by Gasteiger charge is -2.39. The van der Waals surface area contributed by atoms with Gasteiger partial charge in [0.1, 0.15) is 0 Å². The minimum atomic E-state index is -3.02. The Balaban J connectivity index is 1.95. The van der Waals surface area contributed by atoms with Crippen molar-refractivity contribution >= 4 is 15.8 Å². The second kappa shape index (κ2) is 8.71. The fourth-order valence-corrected chi connectivity index (χ4v) is 5.00. The van der Waals surface area contributed by atoms with Gasteiger partial charge in [-0.2, -0.15) is 0 Å². The molecule has 1 unspecified atom stereocenters. The molecule has 0 amide bonds. The van der Waals surface area contributed by atoms with Crippen molar-refractivity contribution in [3.8, 4) is 0 Å². The molecule has 146 valence electrons. The number of piperidine rings is 1. The lowest BCUT2D eigenvalue weighted by molar-refractivity contribution is 0.202. The number of nitrogens with one attached hydrogen (secondary N) is 1. The van der Waals surface area contributed by atoms with Crippen molar-refractivity contribution in [1.29, 1.82) is 0 Å². The van der Waals surface area contributed by atoms with Crippen molar-refractivity contribution in [2.24, 2.45) is 10.9 Å². The molecular formula is C18H36N4O2S. The van der Waals surface area contributed by atoms with Crippen LogP contribution in [0.15, 0.2) is 4.99 Å². The molecule has 0 saturated carbocycles. The number of rotatable bonds is 5. The Bertz CT molecular complexity index is 553. The molecule has 1 atom stereocenters. The van der Waals surface area contributed by atoms with E-state index in [1.807, 2.05) is 13.8 Å². The van der Waals surface area contributed by atoms with E-state index in [9.17, 15) is 8.42 Å². The minimum Gasteiger partial charge on any atom is -0.357 e. The first-order valence-corrected chi connectivity index (χ1v) is 11.4. The fourth-order valence-electron chi connectivity index (χ4n) is 3.63. The third-order valence-corrected chi connectivity index (χ3v) is 7.78. The quantitative estimate of drug-likeness (QED) is 0.586. The zero-order valence-corrected chi connectivity index (χ0v) is 17.2. The molecule has 2 fully saturated rings. The summed E-state index contributed by atoms with van der Waals surface area (Å²) >= 11 is 0. The summed E-state index contributed by atoms with van der Waals surface area (Å²) in [6.45, 7) is 14.1. The number of nitrogens with zero attached hydrogens (tertiary/aromatic N) is 3. The molecule has 2 aliphatic rings. The molecule has 25 heavy (non-hydrogen) atoms. The van der Waals surface area contributed by atoms with Crippen molar-refractivity contribution in [3.63, 3.8) is 0 Å². The topological polar surface area (TPSA) is 65.0 Å². The number of sulfone groups is 1. The Morgan fingerprint density at radius 2 is 1.88 bits per heavy atom. The molecule has 6 nitrogen and oxygen atoms in total. The predicted octanol–water partition coefficient (Wildman–Crippen LogP) is 1.58. The van der Waals surface area contributed by atoms with Crippen LogP contribution in [0.2, 0.25) is 0 Å². The van der Waals surface area contributed by atoms with Crippen molar-refractivity contribution in [2.45, 2.75) is 51.7 Å². The van der Waals surface area contributed by atoms with Crippen LogP contribution in [0, 0.1) is 5.92 Å². The van der Waals surface area contributed by atoms with Crippen molar-refractivity contribution in [2.75, 3.05) is 51.6 Å². The SMILES string of the molecule is CCNC(=NCC(C)CN1CCCCC1)N1CCS(=O)(=O)C(C)(C)C1. The third-order valence-electron chi connectivity index (χ3n) is 5.25. The van der Waals surface area contributed by atoms with E-state index in [-0.39, 0.29) is 5.75 Å². The van der Waals surface area contributed by atoms with Gasteiger partial charge in [-0.1, -0.05) is 13.3 Å². The van der Waals surface area contributed by atoms with Crippen LogP contribution in [-0.4, -0.2) is 80.5 Å². The van der Waals surface area contributed by atoms with Crippen molar-refractivity contribution in [1.82, 2.24) is 15.1 Å². The molecule has 2 heterocycles. The Hall–Kier alpha value is -0.820. The normalized spacial score (nSPS) is 25.6. The summed E-state index contributed by atoms with van der Waals surface area (Å²) in [7, 11) is -3.02. The van der Waals surface area contributed by atoms with Gasteiger partial charge in [0.05, 0.1) is 10.5 Å². The molecule has 7 heteroatoms. The summed E-state index contributed by atoms with van der Waals surface area (Å²) < 4.78 is 23.7. The first-order valence-electron chi connectivity index (χ1n) is 9.73. The largest absolute Gasteiger partial charge is 0.357 e. The van der Waals surface area contributed by atoms with Gasteiger partial charge in [-0.25, -0.2) is 8.42 Å². The monoisotopic (exact) mass is 372 g/mol. The maximum Gasteiger partial charge on any atom is 0.194 e. The summed E-state index contributed by atoms with van der Waals surface area (Å²) in [6, 6.07) is 0. The molecule has 2 aliphatic heterocycles. The van der Waals surface area contributed by atoms with E-state index in [1.54, 1.807) is 0 Å². The van der Waals surface area contributed by atoms with Gasteiger partial charge < -0.3 is 15.1 Å². The molecule has 2 saturated heterocycles. The maximum atomic E-state index is 12.2. The zero-order chi connectivity index (χ0) is 18.5. The average Bonchev–Trinajstić information content (AvgIpc) is 2.55. The molecule has 0 aromatic heterocycles. The van der Waals surface area contributed by atoms with Crippen molar-refractivity contribution < 1.29 is 8.42 Å². The van der Waals surface area contributed by atoms with E-state index in [4.69, 9.17) is 4.99 Å². The van der Waals surface area contributed by atoms with Crippen LogP contribution in [0.1, 0.15) is 47.0 Å². The van der Waals surface area contributed by atoms with E-state index in [1.165, 1.54) is 32.4 Å². The van der Waals surface area contributed by atoms with E-state index in [2.05, 4.69) is 29.0 Å². The zero-order valence-electron chi connectivity index (χ0n) is 16.4. The highest BCUT2D eigenvalue weighted by Gasteiger charge is 2.40. The van der Waals surface area contributed by atoms with E-state index < -0.39 is 14.6 Å².